The number of halogens is 1. The number of nitrogens with one attached hydrogen (secondary N) is 1. The lowest BCUT2D eigenvalue weighted by molar-refractivity contribution is -0.116. The van der Waals surface area contributed by atoms with Gasteiger partial charge in [-0.2, -0.15) is 4.98 Å². The zero-order valence-electron chi connectivity index (χ0n) is 16.0. The Morgan fingerprint density at radius 1 is 1.10 bits per heavy atom. The zero-order valence-corrected chi connectivity index (χ0v) is 16.0. The third kappa shape index (κ3) is 3.94. The van der Waals surface area contributed by atoms with Crippen LogP contribution in [0.2, 0.25) is 0 Å². The molecule has 0 atom stereocenters. The standard InChI is InChI=1S/C22H19FN4O2/c1-14-12-19(22-25-21(26-29-22)16-8-10-17(23)11-9-16)15(2)27(14)13-20(28)24-18-6-4-3-5-7-18/h3-12H,13H2,1-2H3,(H,24,28). The van der Waals surface area contributed by atoms with E-state index in [0.717, 1.165) is 22.6 Å². The van der Waals surface area contributed by atoms with E-state index in [0.29, 0.717) is 17.3 Å². The van der Waals surface area contributed by atoms with Crippen molar-refractivity contribution in [2.75, 3.05) is 5.32 Å². The molecule has 2 heterocycles. The highest BCUT2D eigenvalue weighted by Gasteiger charge is 2.18. The fraction of sp³-hybridized carbons (Fsp3) is 0.136. The van der Waals surface area contributed by atoms with Crippen molar-refractivity contribution in [3.05, 3.63) is 77.9 Å². The molecule has 4 rings (SSSR count). The lowest BCUT2D eigenvalue weighted by Gasteiger charge is -2.10. The number of amides is 1. The Morgan fingerprint density at radius 3 is 2.55 bits per heavy atom. The van der Waals surface area contributed by atoms with Crippen LogP contribution in [0, 0.1) is 19.7 Å². The summed E-state index contributed by atoms with van der Waals surface area (Å²) in [4.78, 5) is 16.9. The van der Waals surface area contributed by atoms with Gasteiger partial charge in [0, 0.05) is 22.6 Å². The fourth-order valence-corrected chi connectivity index (χ4v) is 3.18. The molecule has 1 amide bonds. The number of nitrogens with zero attached hydrogens (tertiary/aromatic N) is 3. The van der Waals surface area contributed by atoms with Crippen LogP contribution < -0.4 is 5.32 Å². The van der Waals surface area contributed by atoms with Crippen LogP contribution in [0.5, 0.6) is 0 Å². The summed E-state index contributed by atoms with van der Waals surface area (Å²) in [6.45, 7) is 4.00. The number of hydrogen-bond acceptors (Lipinski definition) is 4. The Kier molecular flexibility index (Phi) is 4.95. The van der Waals surface area contributed by atoms with Crippen molar-refractivity contribution in [3.8, 4) is 22.8 Å². The number of carbonyl (C=O) groups is 1. The number of benzene rings is 2. The first kappa shape index (κ1) is 18.6. The van der Waals surface area contributed by atoms with E-state index in [4.69, 9.17) is 4.52 Å². The minimum Gasteiger partial charge on any atom is -0.339 e. The molecule has 7 heteroatoms. The summed E-state index contributed by atoms with van der Waals surface area (Å²) in [6, 6.07) is 17.1. The second-order valence-corrected chi connectivity index (χ2v) is 6.72. The van der Waals surface area contributed by atoms with Crippen LogP contribution in [0.3, 0.4) is 0 Å². The number of para-hydroxylation sites is 1. The average molecular weight is 390 g/mol. The quantitative estimate of drug-likeness (QED) is 0.541. The normalized spacial score (nSPS) is 10.9. The van der Waals surface area contributed by atoms with Crippen LogP contribution >= 0.6 is 0 Å². The summed E-state index contributed by atoms with van der Waals surface area (Å²) >= 11 is 0. The van der Waals surface area contributed by atoms with Gasteiger partial charge in [-0.3, -0.25) is 4.79 Å². The Bertz CT molecular complexity index is 1150. The molecule has 6 nitrogen and oxygen atoms in total. The molecule has 4 aromatic rings. The van der Waals surface area contributed by atoms with E-state index in [1.165, 1.54) is 12.1 Å². The number of anilines is 1. The van der Waals surface area contributed by atoms with Gasteiger partial charge in [0.25, 0.3) is 5.89 Å². The highest BCUT2D eigenvalue weighted by atomic mass is 19.1. The molecule has 0 radical (unpaired) electrons. The van der Waals surface area contributed by atoms with Gasteiger partial charge in [0.1, 0.15) is 12.4 Å². The van der Waals surface area contributed by atoms with Gasteiger partial charge in [0.2, 0.25) is 11.7 Å². The SMILES string of the molecule is Cc1cc(-c2nc(-c3ccc(F)cc3)no2)c(C)n1CC(=O)Nc1ccccc1. The smallest absolute Gasteiger partial charge is 0.260 e. The number of rotatable bonds is 5. The molecule has 0 saturated carbocycles. The molecule has 146 valence electrons. The highest BCUT2D eigenvalue weighted by molar-refractivity contribution is 5.90. The predicted molar refractivity (Wildman–Crippen MR) is 108 cm³/mol. The first-order valence-corrected chi connectivity index (χ1v) is 9.13. The molecule has 0 saturated heterocycles. The largest absolute Gasteiger partial charge is 0.339 e. The van der Waals surface area contributed by atoms with Crippen LogP contribution in [0.25, 0.3) is 22.8 Å². The van der Waals surface area contributed by atoms with Crippen LogP contribution in [0.4, 0.5) is 10.1 Å². The monoisotopic (exact) mass is 390 g/mol. The van der Waals surface area contributed by atoms with E-state index >= 15 is 0 Å². The van der Waals surface area contributed by atoms with Crippen molar-refractivity contribution in [1.82, 2.24) is 14.7 Å². The highest BCUT2D eigenvalue weighted by Crippen LogP contribution is 2.28. The Hall–Kier alpha value is -3.74. The molecule has 0 aliphatic rings. The van der Waals surface area contributed by atoms with E-state index in [2.05, 4.69) is 15.5 Å². The third-order valence-corrected chi connectivity index (χ3v) is 4.69. The van der Waals surface area contributed by atoms with E-state index in [-0.39, 0.29) is 18.3 Å². The molecule has 29 heavy (non-hydrogen) atoms. The molecule has 0 spiro atoms. The number of aromatic nitrogens is 3. The van der Waals surface area contributed by atoms with Gasteiger partial charge in [-0.1, -0.05) is 23.4 Å². The van der Waals surface area contributed by atoms with Gasteiger partial charge < -0.3 is 14.4 Å². The van der Waals surface area contributed by atoms with Gasteiger partial charge >= 0.3 is 0 Å². The van der Waals surface area contributed by atoms with Crippen molar-refractivity contribution in [2.45, 2.75) is 20.4 Å². The maximum Gasteiger partial charge on any atom is 0.260 e. The topological polar surface area (TPSA) is 73.0 Å². The van der Waals surface area contributed by atoms with Crippen molar-refractivity contribution < 1.29 is 13.7 Å². The number of aryl methyl sites for hydroxylation is 1. The number of hydrogen-bond donors (Lipinski definition) is 1. The van der Waals surface area contributed by atoms with Gasteiger partial charge in [-0.15, -0.1) is 0 Å². The molecule has 2 aromatic carbocycles. The molecule has 0 unspecified atom stereocenters. The van der Waals surface area contributed by atoms with Crippen molar-refractivity contribution in [2.24, 2.45) is 0 Å². The van der Waals surface area contributed by atoms with Gasteiger partial charge in [-0.05, 0) is 56.3 Å². The Morgan fingerprint density at radius 2 is 1.83 bits per heavy atom. The van der Waals surface area contributed by atoms with Gasteiger partial charge in [0.05, 0.1) is 5.56 Å². The summed E-state index contributed by atoms with van der Waals surface area (Å²) in [5, 5.41) is 6.87. The molecule has 1 N–H and O–H groups in total. The summed E-state index contributed by atoms with van der Waals surface area (Å²) in [6.07, 6.45) is 0. The average Bonchev–Trinajstić information content (AvgIpc) is 3.30. The van der Waals surface area contributed by atoms with Crippen molar-refractivity contribution in [3.63, 3.8) is 0 Å². The van der Waals surface area contributed by atoms with Crippen LogP contribution in [0.1, 0.15) is 11.4 Å². The Labute approximate surface area is 167 Å². The summed E-state index contributed by atoms with van der Waals surface area (Å²) in [5.74, 6) is 0.288. The van der Waals surface area contributed by atoms with E-state index < -0.39 is 0 Å². The van der Waals surface area contributed by atoms with Crippen molar-refractivity contribution >= 4 is 11.6 Å². The first-order chi connectivity index (χ1) is 14.0. The minimum atomic E-state index is -0.324. The zero-order chi connectivity index (χ0) is 20.4. The van der Waals surface area contributed by atoms with Gasteiger partial charge in [0.15, 0.2) is 0 Å². The van der Waals surface area contributed by atoms with Gasteiger partial charge in [-0.25, -0.2) is 4.39 Å². The summed E-state index contributed by atoms with van der Waals surface area (Å²) in [5.41, 5.74) is 3.93. The molecular weight excluding hydrogens is 371 g/mol. The molecular formula is C22H19FN4O2. The first-order valence-electron chi connectivity index (χ1n) is 9.13. The van der Waals surface area contributed by atoms with E-state index in [9.17, 15) is 9.18 Å². The lowest BCUT2D eigenvalue weighted by atomic mass is 10.2. The van der Waals surface area contributed by atoms with Crippen LogP contribution in [0.15, 0.2) is 65.2 Å². The van der Waals surface area contributed by atoms with Crippen LogP contribution in [-0.4, -0.2) is 20.6 Å². The summed E-state index contributed by atoms with van der Waals surface area (Å²) in [7, 11) is 0. The third-order valence-electron chi connectivity index (χ3n) is 4.69. The number of carbonyl (C=O) groups excluding carboxylic acids is 1. The molecule has 0 bridgehead atoms. The predicted octanol–water partition coefficient (Wildman–Crippen LogP) is 4.60. The van der Waals surface area contributed by atoms with E-state index in [1.54, 1.807) is 12.1 Å². The molecule has 0 fully saturated rings. The van der Waals surface area contributed by atoms with E-state index in [1.807, 2.05) is 54.8 Å². The lowest BCUT2D eigenvalue weighted by Crippen LogP contribution is -2.20. The second kappa shape index (κ2) is 7.71. The second-order valence-electron chi connectivity index (χ2n) is 6.72. The fourth-order valence-electron chi connectivity index (χ4n) is 3.18. The minimum absolute atomic E-state index is 0.123. The molecule has 2 aromatic heterocycles. The Balaban J connectivity index is 1.56. The molecule has 0 aliphatic carbocycles. The summed E-state index contributed by atoms with van der Waals surface area (Å²) < 4.78 is 20.4. The maximum absolute atomic E-state index is 13.1. The van der Waals surface area contributed by atoms with Crippen LogP contribution in [-0.2, 0) is 11.3 Å². The molecule has 0 aliphatic heterocycles. The maximum atomic E-state index is 13.1. The van der Waals surface area contributed by atoms with Crippen molar-refractivity contribution in [1.29, 1.82) is 0 Å².